The van der Waals surface area contributed by atoms with Crippen LogP contribution in [0.2, 0.25) is 0 Å². The summed E-state index contributed by atoms with van der Waals surface area (Å²) >= 11 is 0. The van der Waals surface area contributed by atoms with Crippen molar-refractivity contribution in [2.24, 2.45) is 11.3 Å². The van der Waals surface area contributed by atoms with Crippen LogP contribution >= 0.6 is 0 Å². The van der Waals surface area contributed by atoms with E-state index in [9.17, 15) is 22.9 Å². The van der Waals surface area contributed by atoms with Gasteiger partial charge in [0.2, 0.25) is 0 Å². The Kier molecular flexibility index (Phi) is 8.55. The van der Waals surface area contributed by atoms with Crippen LogP contribution in [-0.2, 0) is 26.7 Å². The summed E-state index contributed by atoms with van der Waals surface area (Å²) in [7, 11) is -4.60. The zero-order chi connectivity index (χ0) is 19.5. The number of carboxylic acid groups (broad SMARTS) is 1. The second-order valence-corrected chi connectivity index (χ2v) is 10.1. The average molecular weight is 424 g/mol. The number of hydrogen-bond donors (Lipinski definition) is 0. The van der Waals surface area contributed by atoms with E-state index in [4.69, 9.17) is 0 Å². The molecule has 1 fully saturated rings. The Morgan fingerprint density at radius 1 is 1.18 bits per heavy atom. The van der Waals surface area contributed by atoms with Crippen LogP contribution in [0.5, 0.6) is 0 Å². The van der Waals surface area contributed by atoms with Gasteiger partial charge in [-0.3, -0.25) is 0 Å². The molecule has 1 saturated carbocycles. The van der Waals surface area contributed by atoms with Gasteiger partial charge in [-0.25, -0.2) is 8.42 Å². The third kappa shape index (κ3) is 4.31. The largest absolute Gasteiger partial charge is 1.00 e. The maximum absolute atomic E-state index is 11.9. The van der Waals surface area contributed by atoms with Gasteiger partial charge in [0, 0.05) is 11.4 Å². The minimum atomic E-state index is -4.60. The molecule has 2 aliphatic rings. The molecule has 0 spiro atoms. The maximum Gasteiger partial charge on any atom is 1.00 e. The van der Waals surface area contributed by atoms with Gasteiger partial charge in [-0.1, -0.05) is 40.2 Å². The van der Waals surface area contributed by atoms with E-state index in [1.165, 1.54) is 0 Å². The van der Waals surface area contributed by atoms with Gasteiger partial charge in [-0.15, -0.1) is 0 Å². The van der Waals surface area contributed by atoms with Gasteiger partial charge in [-0.2, -0.15) is 0 Å². The molecule has 144 valence electrons. The SMILES string of the molecule is CC(C)c1cc2c(cc1S(=O)(=O)[O-])[C@@]1(C)CCC[C@@](C)(C(=O)[O-])[C@@H]1CC2.[Na+].[Na+]. The Morgan fingerprint density at radius 2 is 1.79 bits per heavy atom. The first-order valence-electron chi connectivity index (χ1n) is 9.26. The molecule has 0 saturated heterocycles. The van der Waals surface area contributed by atoms with E-state index in [0.717, 1.165) is 30.4 Å². The number of carbonyl (C=O) groups excluding carboxylic acids is 1. The van der Waals surface area contributed by atoms with Crippen LogP contribution in [0.4, 0.5) is 0 Å². The molecule has 5 nitrogen and oxygen atoms in total. The second-order valence-electron chi connectivity index (χ2n) is 8.72. The van der Waals surface area contributed by atoms with Gasteiger partial charge in [0.1, 0.15) is 10.1 Å². The van der Waals surface area contributed by atoms with Crippen molar-refractivity contribution in [1.29, 1.82) is 0 Å². The van der Waals surface area contributed by atoms with E-state index in [-0.39, 0.29) is 75.8 Å². The molecule has 0 radical (unpaired) electrons. The minimum Gasteiger partial charge on any atom is -0.744 e. The third-order valence-electron chi connectivity index (χ3n) is 6.84. The van der Waals surface area contributed by atoms with Gasteiger partial charge < -0.3 is 14.5 Å². The van der Waals surface area contributed by atoms with Crippen molar-refractivity contribution in [3.8, 4) is 0 Å². The normalized spacial score (nSPS) is 29.1. The van der Waals surface area contributed by atoms with Crippen LogP contribution in [0.25, 0.3) is 0 Å². The minimum absolute atomic E-state index is 0. The molecule has 0 aromatic heterocycles. The Hall–Kier alpha value is 0.600. The maximum atomic E-state index is 11.9. The van der Waals surface area contributed by atoms with Gasteiger partial charge in [0.15, 0.2) is 0 Å². The molecular formula is C20H26Na2O5S. The molecule has 1 aromatic carbocycles. The molecule has 1 aromatic rings. The summed E-state index contributed by atoms with van der Waals surface area (Å²) in [5, 5.41) is 11.9. The van der Waals surface area contributed by atoms with E-state index < -0.39 is 26.9 Å². The zero-order valence-corrected chi connectivity index (χ0v) is 22.6. The van der Waals surface area contributed by atoms with Gasteiger partial charge >= 0.3 is 59.1 Å². The molecule has 0 unspecified atom stereocenters. The predicted molar refractivity (Wildman–Crippen MR) is 94.6 cm³/mol. The summed E-state index contributed by atoms with van der Waals surface area (Å²) < 4.78 is 35.7. The van der Waals surface area contributed by atoms with Crippen molar-refractivity contribution < 1.29 is 82.0 Å². The molecule has 0 heterocycles. The number of benzene rings is 1. The number of aliphatic carboxylic acids is 1. The molecular weight excluding hydrogens is 398 g/mol. The second kappa shape index (κ2) is 8.99. The standard InChI is InChI=1S/C20H28O5S.2Na/c1-12(2)14-10-13-6-7-17-19(3,8-5-9-20(17,4)18(21)22)15(13)11-16(14)26(23,24)25;;/h10-12,17H,5-9H2,1-4H3,(H,21,22)(H,23,24,25);;/q;2*+1/p-2/t17-,19-,20-;;/m1../s1. The molecule has 2 aliphatic carbocycles. The molecule has 0 amide bonds. The van der Waals surface area contributed by atoms with Crippen LogP contribution in [-0.4, -0.2) is 18.9 Å². The van der Waals surface area contributed by atoms with E-state index in [1.807, 2.05) is 26.8 Å². The molecule has 8 heteroatoms. The summed E-state index contributed by atoms with van der Waals surface area (Å²) in [6.45, 7) is 7.52. The molecule has 0 bridgehead atoms. The summed E-state index contributed by atoms with van der Waals surface area (Å²) in [6, 6.07) is 3.40. The monoisotopic (exact) mass is 424 g/mol. The van der Waals surface area contributed by atoms with Crippen molar-refractivity contribution in [3.63, 3.8) is 0 Å². The third-order valence-corrected chi connectivity index (χ3v) is 7.73. The van der Waals surface area contributed by atoms with E-state index in [1.54, 1.807) is 13.0 Å². The molecule has 28 heavy (non-hydrogen) atoms. The fraction of sp³-hybridized carbons (Fsp3) is 0.650. The smallest absolute Gasteiger partial charge is 0.744 e. The van der Waals surface area contributed by atoms with Crippen molar-refractivity contribution >= 4 is 16.1 Å². The number of hydrogen-bond acceptors (Lipinski definition) is 5. The van der Waals surface area contributed by atoms with Gasteiger partial charge in [0.05, 0.1) is 4.90 Å². The number of carbonyl (C=O) groups is 1. The van der Waals surface area contributed by atoms with Crippen LogP contribution < -0.4 is 64.2 Å². The zero-order valence-electron chi connectivity index (χ0n) is 17.8. The van der Waals surface area contributed by atoms with Crippen molar-refractivity contribution in [2.45, 2.75) is 76.0 Å². The Labute approximate surface area is 212 Å². The topological polar surface area (TPSA) is 97.3 Å². The quantitative estimate of drug-likeness (QED) is 0.370. The molecule has 0 N–H and O–H groups in total. The van der Waals surface area contributed by atoms with Crippen molar-refractivity contribution in [3.05, 3.63) is 28.8 Å². The molecule has 3 atom stereocenters. The first-order chi connectivity index (χ1) is 11.9. The van der Waals surface area contributed by atoms with Gasteiger partial charge in [-0.05, 0) is 65.7 Å². The number of rotatable bonds is 3. The van der Waals surface area contributed by atoms with E-state index in [0.29, 0.717) is 18.4 Å². The van der Waals surface area contributed by atoms with E-state index in [2.05, 4.69) is 0 Å². The number of aryl methyl sites for hydroxylation is 1. The fourth-order valence-electron chi connectivity index (χ4n) is 5.43. The Balaban J connectivity index is 0.00000196. The van der Waals surface area contributed by atoms with E-state index >= 15 is 0 Å². The predicted octanol–water partition coefficient (Wildman–Crippen LogP) is -3.52. The van der Waals surface area contributed by atoms with Gasteiger partial charge in [0.25, 0.3) is 0 Å². The molecule has 0 aliphatic heterocycles. The van der Waals surface area contributed by atoms with Crippen LogP contribution in [0.3, 0.4) is 0 Å². The first-order valence-corrected chi connectivity index (χ1v) is 10.7. The summed E-state index contributed by atoms with van der Waals surface area (Å²) in [5.41, 5.74) is 1.04. The summed E-state index contributed by atoms with van der Waals surface area (Å²) in [5.74, 6) is -1.25. The number of carboxylic acids is 1. The van der Waals surface area contributed by atoms with Crippen LogP contribution in [0.15, 0.2) is 17.0 Å². The Morgan fingerprint density at radius 3 is 2.29 bits per heavy atom. The molecule has 3 rings (SSSR count). The first kappa shape index (κ1) is 26.6. The van der Waals surface area contributed by atoms with Crippen molar-refractivity contribution in [2.75, 3.05) is 0 Å². The van der Waals surface area contributed by atoms with Crippen LogP contribution in [0, 0.1) is 11.3 Å². The average Bonchev–Trinajstić information content (AvgIpc) is 2.52. The Bertz CT molecular complexity index is 868. The van der Waals surface area contributed by atoms with Crippen LogP contribution in [0.1, 0.15) is 76.0 Å². The fourth-order valence-corrected chi connectivity index (χ4v) is 6.27. The summed E-state index contributed by atoms with van der Waals surface area (Å²) in [6.07, 6.45) is 3.52. The number of fused-ring (bicyclic) bond motifs is 3. The van der Waals surface area contributed by atoms with Crippen molar-refractivity contribution in [1.82, 2.24) is 0 Å². The summed E-state index contributed by atoms with van der Waals surface area (Å²) in [4.78, 5) is 11.7.